The third-order valence-electron chi connectivity index (χ3n) is 1.50. The fourth-order valence-corrected chi connectivity index (χ4v) is 1.55. The number of primary sulfonamides is 1. The van der Waals surface area contributed by atoms with E-state index in [2.05, 4.69) is 9.72 Å². The molecule has 1 rings (SSSR count). The molecule has 0 saturated carbocycles. The summed E-state index contributed by atoms with van der Waals surface area (Å²) in [6, 6.07) is 1.23. The predicted molar refractivity (Wildman–Crippen MR) is 46.9 cm³/mol. The van der Waals surface area contributed by atoms with Crippen molar-refractivity contribution in [3.8, 4) is 0 Å². The molecule has 0 saturated heterocycles. The second kappa shape index (κ2) is 3.72. The van der Waals surface area contributed by atoms with Crippen LogP contribution < -0.4 is 5.14 Å². The van der Waals surface area contributed by atoms with Crippen LogP contribution >= 0.6 is 0 Å². The van der Waals surface area contributed by atoms with Gasteiger partial charge in [-0.1, -0.05) is 0 Å². The molecule has 0 amide bonds. The summed E-state index contributed by atoms with van der Waals surface area (Å²) in [6.45, 7) is 0. The van der Waals surface area contributed by atoms with Gasteiger partial charge in [0.2, 0.25) is 10.0 Å². The molecule has 1 aromatic heterocycles. The van der Waals surface area contributed by atoms with Crippen LogP contribution in [0, 0.1) is 0 Å². The van der Waals surface area contributed by atoms with Gasteiger partial charge in [0, 0.05) is 12.4 Å². The normalized spacial score (nSPS) is 11.0. The summed E-state index contributed by atoms with van der Waals surface area (Å²) >= 11 is 0. The Kier molecular flexibility index (Phi) is 2.82. The Morgan fingerprint density at radius 3 is 2.71 bits per heavy atom. The lowest BCUT2D eigenvalue weighted by molar-refractivity contribution is 0.0596. The second-order valence-electron chi connectivity index (χ2n) is 2.41. The molecule has 0 spiro atoms. The fraction of sp³-hybridized carbons (Fsp3) is 0.143. The minimum atomic E-state index is -3.95. The third-order valence-corrected chi connectivity index (χ3v) is 2.43. The Bertz CT molecular complexity index is 455. The maximum Gasteiger partial charge on any atom is 0.339 e. The zero-order valence-corrected chi connectivity index (χ0v) is 8.11. The van der Waals surface area contributed by atoms with Gasteiger partial charge < -0.3 is 4.74 Å². The molecular formula is C7H8N2O4S. The first kappa shape index (κ1) is 10.6. The molecule has 7 heteroatoms. The Hall–Kier alpha value is -1.47. The van der Waals surface area contributed by atoms with Crippen LogP contribution in [0.25, 0.3) is 0 Å². The van der Waals surface area contributed by atoms with E-state index in [-0.39, 0.29) is 10.5 Å². The van der Waals surface area contributed by atoms with Crippen molar-refractivity contribution in [1.82, 2.24) is 4.98 Å². The smallest absolute Gasteiger partial charge is 0.339 e. The summed E-state index contributed by atoms with van der Waals surface area (Å²) in [6.07, 6.45) is 2.28. The van der Waals surface area contributed by atoms with Crippen molar-refractivity contribution in [2.24, 2.45) is 5.14 Å². The van der Waals surface area contributed by atoms with Gasteiger partial charge in [-0.3, -0.25) is 4.98 Å². The zero-order chi connectivity index (χ0) is 10.8. The van der Waals surface area contributed by atoms with Crippen LogP contribution in [0.1, 0.15) is 10.4 Å². The summed E-state index contributed by atoms with van der Waals surface area (Å²) in [4.78, 5) is 14.3. The van der Waals surface area contributed by atoms with Crippen molar-refractivity contribution < 1.29 is 17.9 Å². The molecule has 0 aliphatic rings. The number of nitrogens with two attached hydrogens (primary N) is 1. The first-order valence-corrected chi connectivity index (χ1v) is 5.06. The molecule has 0 aromatic carbocycles. The highest BCUT2D eigenvalue weighted by Crippen LogP contribution is 2.12. The van der Waals surface area contributed by atoms with Crippen LogP contribution in [-0.2, 0) is 14.8 Å². The van der Waals surface area contributed by atoms with Crippen LogP contribution in [0.2, 0.25) is 0 Å². The number of esters is 1. The Balaban J connectivity index is 3.38. The molecule has 14 heavy (non-hydrogen) atoms. The second-order valence-corrected chi connectivity index (χ2v) is 3.94. The summed E-state index contributed by atoms with van der Waals surface area (Å²) in [7, 11) is -2.80. The molecule has 0 bridgehead atoms. The summed E-state index contributed by atoms with van der Waals surface area (Å²) in [5.74, 6) is -0.767. The third kappa shape index (κ3) is 2.06. The molecular weight excluding hydrogens is 208 g/mol. The number of sulfonamides is 1. The van der Waals surface area contributed by atoms with Gasteiger partial charge >= 0.3 is 5.97 Å². The topological polar surface area (TPSA) is 99.3 Å². The van der Waals surface area contributed by atoms with Crippen LogP contribution in [0.15, 0.2) is 23.4 Å². The minimum Gasteiger partial charge on any atom is -0.465 e. The highest BCUT2D eigenvalue weighted by molar-refractivity contribution is 7.89. The van der Waals surface area contributed by atoms with E-state index in [0.29, 0.717) is 0 Å². The number of carbonyl (C=O) groups excluding carboxylic acids is 1. The number of aromatic nitrogens is 1. The average Bonchev–Trinajstić information content (AvgIpc) is 2.15. The summed E-state index contributed by atoms with van der Waals surface area (Å²) in [5, 5.41) is 4.87. The predicted octanol–water partition coefficient (Wildman–Crippen LogP) is -0.484. The van der Waals surface area contributed by atoms with Crippen LogP contribution in [-0.4, -0.2) is 26.5 Å². The van der Waals surface area contributed by atoms with Gasteiger partial charge in [-0.05, 0) is 6.07 Å². The van der Waals surface area contributed by atoms with Gasteiger partial charge in [0.05, 0.1) is 12.7 Å². The molecule has 2 N–H and O–H groups in total. The molecule has 0 aliphatic carbocycles. The number of carbonyl (C=O) groups is 1. The van der Waals surface area contributed by atoms with Crippen molar-refractivity contribution >= 4 is 16.0 Å². The number of hydrogen-bond acceptors (Lipinski definition) is 5. The molecule has 0 radical (unpaired) electrons. The van der Waals surface area contributed by atoms with Crippen LogP contribution in [0.3, 0.4) is 0 Å². The molecule has 0 atom stereocenters. The first-order chi connectivity index (χ1) is 6.46. The lowest BCUT2D eigenvalue weighted by atomic mass is 10.3. The largest absolute Gasteiger partial charge is 0.465 e. The van der Waals surface area contributed by atoms with Crippen LogP contribution in [0.4, 0.5) is 0 Å². The van der Waals surface area contributed by atoms with Gasteiger partial charge in [-0.25, -0.2) is 18.4 Å². The zero-order valence-electron chi connectivity index (χ0n) is 7.30. The highest BCUT2D eigenvalue weighted by atomic mass is 32.2. The number of rotatable bonds is 2. The van der Waals surface area contributed by atoms with E-state index in [1.165, 1.54) is 12.3 Å². The lowest BCUT2D eigenvalue weighted by Gasteiger charge is -2.03. The molecule has 6 nitrogen and oxygen atoms in total. The highest BCUT2D eigenvalue weighted by Gasteiger charge is 2.19. The van der Waals surface area contributed by atoms with Crippen molar-refractivity contribution in [3.63, 3.8) is 0 Å². The number of pyridine rings is 1. The number of nitrogens with zero attached hydrogens (tertiary/aromatic N) is 1. The van der Waals surface area contributed by atoms with E-state index in [0.717, 1.165) is 13.3 Å². The SMILES string of the molecule is COC(=O)c1ccncc1S(N)(=O)=O. The first-order valence-electron chi connectivity index (χ1n) is 3.52. The van der Waals surface area contributed by atoms with E-state index in [1.54, 1.807) is 0 Å². The molecule has 1 aromatic rings. The van der Waals surface area contributed by atoms with Gasteiger partial charge in [-0.2, -0.15) is 0 Å². The maximum absolute atomic E-state index is 11.1. The van der Waals surface area contributed by atoms with Crippen molar-refractivity contribution in [3.05, 3.63) is 24.0 Å². The van der Waals surface area contributed by atoms with Gasteiger partial charge in [0.1, 0.15) is 4.90 Å². The number of methoxy groups -OCH3 is 1. The lowest BCUT2D eigenvalue weighted by Crippen LogP contribution is -2.17. The number of ether oxygens (including phenoxy) is 1. The van der Waals surface area contributed by atoms with E-state index >= 15 is 0 Å². The van der Waals surface area contributed by atoms with Crippen molar-refractivity contribution in [2.45, 2.75) is 4.90 Å². The van der Waals surface area contributed by atoms with Crippen molar-refractivity contribution in [1.29, 1.82) is 0 Å². The molecule has 0 fully saturated rings. The van der Waals surface area contributed by atoms with E-state index in [1.807, 2.05) is 0 Å². The molecule has 76 valence electrons. The van der Waals surface area contributed by atoms with Gasteiger partial charge in [0.15, 0.2) is 0 Å². The molecule has 0 aliphatic heterocycles. The fourth-order valence-electron chi connectivity index (χ4n) is 0.885. The Morgan fingerprint density at radius 1 is 1.57 bits per heavy atom. The van der Waals surface area contributed by atoms with Gasteiger partial charge in [-0.15, -0.1) is 0 Å². The number of hydrogen-bond donors (Lipinski definition) is 1. The van der Waals surface area contributed by atoms with E-state index < -0.39 is 16.0 Å². The van der Waals surface area contributed by atoms with E-state index in [9.17, 15) is 13.2 Å². The summed E-state index contributed by atoms with van der Waals surface area (Å²) < 4.78 is 26.4. The monoisotopic (exact) mass is 216 g/mol. The quantitative estimate of drug-likeness (QED) is 0.673. The minimum absolute atomic E-state index is 0.120. The molecule has 1 heterocycles. The standard InChI is InChI=1S/C7H8N2O4S/c1-13-7(10)5-2-3-9-4-6(5)14(8,11)12/h2-4H,1H3,(H2,8,11,12). The van der Waals surface area contributed by atoms with Crippen LogP contribution in [0.5, 0.6) is 0 Å². The summed E-state index contributed by atoms with van der Waals surface area (Å²) in [5.41, 5.74) is -0.120. The van der Waals surface area contributed by atoms with Gasteiger partial charge in [0.25, 0.3) is 0 Å². The Morgan fingerprint density at radius 2 is 2.21 bits per heavy atom. The average molecular weight is 216 g/mol. The Labute approximate surface area is 80.8 Å². The van der Waals surface area contributed by atoms with E-state index in [4.69, 9.17) is 5.14 Å². The molecule has 0 unspecified atom stereocenters. The maximum atomic E-state index is 11.1. The van der Waals surface area contributed by atoms with Crippen molar-refractivity contribution in [2.75, 3.05) is 7.11 Å².